The van der Waals surface area contributed by atoms with Crippen LogP contribution in [0.5, 0.6) is 0 Å². The van der Waals surface area contributed by atoms with Gasteiger partial charge in [0.2, 0.25) is 0 Å². The first-order valence-corrected chi connectivity index (χ1v) is 8.91. The number of rotatable bonds is 5. The highest BCUT2D eigenvalue weighted by atomic mass is 28.4. The summed E-state index contributed by atoms with van der Waals surface area (Å²) >= 11 is 0. The largest absolute Gasteiger partial charge is 0.628 e. The molecule has 1 aliphatic rings. The molecule has 0 N–H and O–H groups in total. The molecule has 1 fully saturated rings. The Morgan fingerprint density at radius 2 is 1.50 bits per heavy atom. The van der Waals surface area contributed by atoms with Gasteiger partial charge >= 0.3 is 7.32 Å². The normalized spacial score (nSPS) is 21.2. The minimum absolute atomic E-state index is 0.120. The third kappa shape index (κ3) is 3.58. The van der Waals surface area contributed by atoms with Gasteiger partial charge in [-0.1, -0.05) is 34.6 Å². The van der Waals surface area contributed by atoms with E-state index in [0.717, 1.165) is 31.3 Å². The van der Waals surface area contributed by atoms with Gasteiger partial charge in [0.15, 0.2) is 8.32 Å². The van der Waals surface area contributed by atoms with E-state index in [-0.39, 0.29) is 5.41 Å². The lowest BCUT2D eigenvalue weighted by atomic mass is 9.93. The van der Waals surface area contributed by atoms with E-state index in [2.05, 4.69) is 34.6 Å². The van der Waals surface area contributed by atoms with Gasteiger partial charge in [-0.2, -0.15) is 0 Å². The van der Waals surface area contributed by atoms with Gasteiger partial charge in [0.25, 0.3) is 0 Å². The van der Waals surface area contributed by atoms with Gasteiger partial charge in [-0.25, -0.2) is 0 Å². The molecule has 94 valence electrons. The standard InChI is InChI=1S/C11H25BO3Si/c1-6-16(7-2,8-3)15-12-13-9-11(4,5)10-14-12/h6-10H2,1-5H3. The zero-order valence-electron chi connectivity index (χ0n) is 11.3. The maximum absolute atomic E-state index is 6.11. The smallest absolute Gasteiger partial charge is 0.428 e. The summed E-state index contributed by atoms with van der Waals surface area (Å²) < 4.78 is 17.4. The van der Waals surface area contributed by atoms with Gasteiger partial charge in [-0.3, -0.25) is 0 Å². The van der Waals surface area contributed by atoms with Crippen LogP contribution >= 0.6 is 0 Å². The van der Waals surface area contributed by atoms with Crippen molar-refractivity contribution < 1.29 is 13.7 Å². The Bertz CT molecular complexity index is 201. The Balaban J connectivity index is 2.48. The zero-order chi connectivity index (χ0) is 12.2. The molecule has 1 aliphatic heterocycles. The summed E-state index contributed by atoms with van der Waals surface area (Å²) in [7, 11) is -2.02. The molecule has 16 heavy (non-hydrogen) atoms. The fourth-order valence-corrected chi connectivity index (χ4v) is 4.49. The monoisotopic (exact) mass is 244 g/mol. The molecule has 1 saturated heterocycles. The van der Waals surface area contributed by atoms with Crippen LogP contribution in [-0.2, 0) is 13.7 Å². The summed E-state index contributed by atoms with van der Waals surface area (Å²) in [5.74, 6) is 0. The summed E-state index contributed by atoms with van der Waals surface area (Å²) in [6, 6.07) is 3.39. The number of hydrogen-bond acceptors (Lipinski definition) is 3. The third-order valence-electron chi connectivity index (χ3n) is 3.50. The van der Waals surface area contributed by atoms with Crippen LogP contribution in [0, 0.1) is 5.41 Å². The minimum Gasteiger partial charge on any atom is -0.428 e. The van der Waals surface area contributed by atoms with Crippen molar-refractivity contribution in [2.24, 2.45) is 5.41 Å². The Morgan fingerprint density at radius 3 is 1.88 bits per heavy atom. The average molecular weight is 244 g/mol. The maximum atomic E-state index is 6.11. The van der Waals surface area contributed by atoms with E-state index in [4.69, 9.17) is 13.7 Å². The summed E-state index contributed by atoms with van der Waals surface area (Å²) in [6.07, 6.45) is 0. The first-order chi connectivity index (χ1) is 7.47. The first-order valence-electron chi connectivity index (χ1n) is 6.38. The zero-order valence-corrected chi connectivity index (χ0v) is 12.3. The van der Waals surface area contributed by atoms with Crippen LogP contribution in [0.3, 0.4) is 0 Å². The number of hydrogen-bond donors (Lipinski definition) is 0. The fraction of sp³-hybridized carbons (Fsp3) is 1.00. The molecule has 0 aromatic heterocycles. The second-order valence-electron chi connectivity index (χ2n) is 5.44. The second-order valence-corrected chi connectivity index (χ2v) is 10.2. The summed E-state index contributed by atoms with van der Waals surface area (Å²) in [5, 5.41) is 0. The van der Waals surface area contributed by atoms with E-state index in [1.807, 2.05) is 0 Å². The molecule has 0 bridgehead atoms. The van der Waals surface area contributed by atoms with Gasteiger partial charge in [0.1, 0.15) is 0 Å². The van der Waals surface area contributed by atoms with Crippen molar-refractivity contribution in [3.8, 4) is 0 Å². The molecule has 0 radical (unpaired) electrons. The summed E-state index contributed by atoms with van der Waals surface area (Å²) in [5.41, 5.74) is 0.120. The van der Waals surface area contributed by atoms with Crippen molar-refractivity contribution in [3.05, 3.63) is 0 Å². The fourth-order valence-electron chi connectivity index (χ4n) is 1.95. The molecule has 0 amide bonds. The highest BCUT2D eigenvalue weighted by Gasteiger charge is 2.40. The molecule has 0 atom stereocenters. The molecule has 0 aromatic rings. The lowest BCUT2D eigenvalue weighted by Crippen LogP contribution is -2.49. The first kappa shape index (κ1) is 14.2. The Labute approximate surface area is 101 Å². The van der Waals surface area contributed by atoms with Crippen LogP contribution in [0.1, 0.15) is 34.6 Å². The molecular formula is C11H25BO3Si. The Kier molecular flexibility index (Phi) is 5.04. The van der Waals surface area contributed by atoms with Crippen molar-refractivity contribution in [2.45, 2.75) is 52.8 Å². The van der Waals surface area contributed by atoms with Crippen LogP contribution in [-0.4, -0.2) is 28.9 Å². The van der Waals surface area contributed by atoms with Crippen molar-refractivity contribution >= 4 is 15.6 Å². The van der Waals surface area contributed by atoms with Gasteiger partial charge < -0.3 is 13.7 Å². The SMILES string of the molecule is CC[Si](CC)(CC)OB1OCC(C)(C)CO1. The topological polar surface area (TPSA) is 27.7 Å². The van der Waals surface area contributed by atoms with Crippen LogP contribution in [0.25, 0.3) is 0 Å². The lowest BCUT2D eigenvalue weighted by molar-refractivity contribution is -0.00110. The molecular weight excluding hydrogens is 219 g/mol. The Morgan fingerprint density at radius 1 is 1.06 bits per heavy atom. The summed E-state index contributed by atoms with van der Waals surface area (Å²) in [6.45, 7) is 12.4. The van der Waals surface area contributed by atoms with Gasteiger partial charge in [0, 0.05) is 18.6 Å². The molecule has 3 nitrogen and oxygen atoms in total. The molecule has 1 rings (SSSR count). The highest BCUT2D eigenvalue weighted by Crippen LogP contribution is 2.27. The van der Waals surface area contributed by atoms with E-state index in [9.17, 15) is 0 Å². The molecule has 0 aliphatic carbocycles. The van der Waals surface area contributed by atoms with Crippen LogP contribution in [0.15, 0.2) is 0 Å². The molecule has 0 spiro atoms. The van der Waals surface area contributed by atoms with E-state index >= 15 is 0 Å². The van der Waals surface area contributed by atoms with Gasteiger partial charge in [0.05, 0.1) is 0 Å². The van der Waals surface area contributed by atoms with Gasteiger partial charge in [-0.15, -0.1) is 0 Å². The lowest BCUT2D eigenvalue weighted by Gasteiger charge is -2.37. The maximum Gasteiger partial charge on any atom is 0.628 e. The summed E-state index contributed by atoms with van der Waals surface area (Å²) in [4.78, 5) is 0. The quantitative estimate of drug-likeness (QED) is 0.695. The molecule has 5 heteroatoms. The van der Waals surface area contributed by atoms with Crippen LogP contribution in [0.2, 0.25) is 18.1 Å². The van der Waals surface area contributed by atoms with Crippen LogP contribution < -0.4 is 0 Å². The van der Waals surface area contributed by atoms with Gasteiger partial charge in [-0.05, 0) is 18.1 Å². The highest BCUT2D eigenvalue weighted by molar-refractivity contribution is 6.78. The van der Waals surface area contributed by atoms with E-state index in [1.165, 1.54) is 0 Å². The molecule has 0 unspecified atom stereocenters. The van der Waals surface area contributed by atoms with Crippen molar-refractivity contribution in [3.63, 3.8) is 0 Å². The van der Waals surface area contributed by atoms with Crippen LogP contribution in [0.4, 0.5) is 0 Å². The van der Waals surface area contributed by atoms with E-state index in [1.54, 1.807) is 0 Å². The third-order valence-corrected chi connectivity index (χ3v) is 8.06. The second kappa shape index (κ2) is 5.67. The Hall–Kier alpha value is 0.162. The van der Waals surface area contributed by atoms with E-state index in [0.29, 0.717) is 0 Å². The molecule has 0 saturated carbocycles. The predicted octanol–water partition coefficient (Wildman–Crippen LogP) is 3.07. The molecule has 1 heterocycles. The molecule has 0 aromatic carbocycles. The van der Waals surface area contributed by atoms with E-state index < -0.39 is 15.6 Å². The average Bonchev–Trinajstić information content (AvgIpc) is 2.29. The van der Waals surface area contributed by atoms with Crippen molar-refractivity contribution in [1.29, 1.82) is 0 Å². The van der Waals surface area contributed by atoms with Crippen molar-refractivity contribution in [1.82, 2.24) is 0 Å². The van der Waals surface area contributed by atoms with Crippen molar-refractivity contribution in [2.75, 3.05) is 13.2 Å². The predicted molar refractivity (Wildman–Crippen MR) is 69.7 cm³/mol. The minimum atomic E-state index is -1.60.